The minimum atomic E-state index is -0.138. The van der Waals surface area contributed by atoms with E-state index in [4.69, 9.17) is 14.7 Å². The third kappa shape index (κ3) is 3.77. The lowest BCUT2D eigenvalue weighted by molar-refractivity contribution is -0.119. The number of imidazole rings is 1. The molecule has 10 heteroatoms. The van der Waals surface area contributed by atoms with Crippen molar-refractivity contribution >= 4 is 22.6 Å². The molecule has 0 spiro atoms. The maximum Gasteiger partial charge on any atom is 0.241 e. The van der Waals surface area contributed by atoms with Gasteiger partial charge in [0.2, 0.25) is 11.8 Å². The Morgan fingerprint density at radius 1 is 1.14 bits per heavy atom. The first-order chi connectivity index (χ1) is 17.6. The Kier molecular flexibility index (Phi) is 4.93. The maximum absolute atomic E-state index is 11.8. The first-order valence-electron chi connectivity index (χ1n) is 12.7. The molecule has 3 aromatic heterocycles. The van der Waals surface area contributed by atoms with Gasteiger partial charge in [-0.05, 0) is 38.0 Å². The van der Waals surface area contributed by atoms with Crippen molar-refractivity contribution in [2.24, 2.45) is 5.92 Å². The molecule has 1 amide bonds. The van der Waals surface area contributed by atoms with Gasteiger partial charge in [0.1, 0.15) is 17.9 Å². The van der Waals surface area contributed by atoms with E-state index in [2.05, 4.69) is 53.8 Å². The van der Waals surface area contributed by atoms with Crippen molar-refractivity contribution in [1.82, 2.24) is 34.6 Å². The van der Waals surface area contributed by atoms with Crippen molar-refractivity contribution in [2.45, 2.75) is 51.4 Å². The smallest absolute Gasteiger partial charge is 0.241 e. The summed E-state index contributed by atoms with van der Waals surface area (Å²) in [6.45, 7) is 5.21. The molecule has 4 aromatic rings. The number of nitrogens with zero attached hydrogens (tertiary/aromatic N) is 7. The van der Waals surface area contributed by atoms with E-state index in [1.54, 1.807) is 6.33 Å². The van der Waals surface area contributed by atoms with Crippen LogP contribution in [-0.4, -0.2) is 54.4 Å². The summed E-state index contributed by atoms with van der Waals surface area (Å²) in [7, 11) is 0. The molecular formula is C26H28N8O2. The van der Waals surface area contributed by atoms with Gasteiger partial charge < -0.3 is 24.1 Å². The summed E-state index contributed by atoms with van der Waals surface area (Å²) < 4.78 is 10.8. The molecule has 7 rings (SSSR count). The number of fused-ring (bicyclic) bond motifs is 2. The number of anilines is 1. The first-order valence-corrected chi connectivity index (χ1v) is 12.7. The molecule has 10 nitrogen and oxygen atoms in total. The molecule has 3 aliphatic rings. The second kappa shape index (κ2) is 8.32. The zero-order valence-corrected chi connectivity index (χ0v) is 20.2. The van der Waals surface area contributed by atoms with Gasteiger partial charge in [-0.3, -0.25) is 4.79 Å². The molecule has 0 unspecified atom stereocenters. The Hall–Kier alpha value is -3.95. The monoisotopic (exact) mass is 484 g/mol. The van der Waals surface area contributed by atoms with Gasteiger partial charge >= 0.3 is 0 Å². The largest absolute Gasteiger partial charge is 0.473 e. The van der Waals surface area contributed by atoms with E-state index in [9.17, 15) is 4.79 Å². The molecular weight excluding hydrogens is 456 g/mol. The minimum absolute atomic E-state index is 0.0827. The van der Waals surface area contributed by atoms with Crippen molar-refractivity contribution in [2.75, 3.05) is 18.0 Å². The second-order valence-electron chi connectivity index (χ2n) is 10.1. The Bertz CT molecular complexity index is 1440. The number of aromatic nitrogens is 6. The summed E-state index contributed by atoms with van der Waals surface area (Å²) in [6.07, 6.45) is 6.35. The van der Waals surface area contributed by atoms with E-state index in [1.165, 1.54) is 0 Å². The Labute approximate surface area is 208 Å². The molecule has 184 valence electrons. The normalized spacial score (nSPS) is 20.4. The average molecular weight is 485 g/mol. The number of carbonyl (C=O) groups is 1. The first kappa shape index (κ1) is 21.3. The van der Waals surface area contributed by atoms with Crippen LogP contribution in [0.15, 0.2) is 43.0 Å². The lowest BCUT2D eigenvalue weighted by atomic mass is 10.0. The number of carbonyl (C=O) groups excluding carboxylic acids is 1. The van der Waals surface area contributed by atoms with E-state index in [0.717, 1.165) is 66.3 Å². The van der Waals surface area contributed by atoms with Gasteiger partial charge in [-0.25, -0.2) is 9.97 Å². The molecule has 2 fully saturated rings. The van der Waals surface area contributed by atoms with Crippen LogP contribution in [0.5, 0.6) is 5.88 Å². The fourth-order valence-electron chi connectivity index (χ4n) is 5.25. The van der Waals surface area contributed by atoms with Gasteiger partial charge in [0.05, 0.1) is 24.1 Å². The van der Waals surface area contributed by atoms with Crippen molar-refractivity contribution in [3.05, 3.63) is 48.8 Å². The average Bonchev–Trinajstić information content (AvgIpc) is 3.27. The Morgan fingerprint density at radius 2 is 2.00 bits per heavy atom. The van der Waals surface area contributed by atoms with E-state index < -0.39 is 0 Å². The van der Waals surface area contributed by atoms with Gasteiger partial charge in [-0.2, -0.15) is 0 Å². The molecule has 1 saturated carbocycles. The van der Waals surface area contributed by atoms with Gasteiger partial charge in [-0.1, -0.05) is 12.1 Å². The fraction of sp³-hybridized carbons (Fsp3) is 0.423. The van der Waals surface area contributed by atoms with Crippen LogP contribution in [0.25, 0.3) is 22.3 Å². The summed E-state index contributed by atoms with van der Waals surface area (Å²) in [5.74, 6) is 1.79. The van der Waals surface area contributed by atoms with Gasteiger partial charge in [0.25, 0.3) is 0 Å². The van der Waals surface area contributed by atoms with Gasteiger partial charge in [0.15, 0.2) is 5.82 Å². The summed E-state index contributed by atoms with van der Waals surface area (Å²) in [4.78, 5) is 23.8. The van der Waals surface area contributed by atoms with E-state index in [1.807, 2.05) is 19.3 Å². The third-order valence-electron chi connectivity index (χ3n) is 7.60. The second-order valence-corrected chi connectivity index (χ2v) is 10.1. The van der Waals surface area contributed by atoms with Crippen LogP contribution >= 0.6 is 0 Å². The Balaban J connectivity index is 1.20. The van der Waals surface area contributed by atoms with Crippen LogP contribution in [0.4, 0.5) is 5.69 Å². The number of nitrogens with one attached hydrogen (secondary N) is 1. The molecule has 2 atom stereocenters. The number of pyridine rings is 1. The zero-order chi connectivity index (χ0) is 24.2. The lowest BCUT2D eigenvalue weighted by Gasteiger charge is -2.29. The summed E-state index contributed by atoms with van der Waals surface area (Å²) in [6, 6.07) is 11.0. The van der Waals surface area contributed by atoms with Crippen molar-refractivity contribution in [3.8, 4) is 17.1 Å². The quantitative estimate of drug-likeness (QED) is 0.449. The van der Waals surface area contributed by atoms with Crippen LogP contribution in [0.1, 0.15) is 38.1 Å². The van der Waals surface area contributed by atoms with Crippen molar-refractivity contribution in [3.63, 3.8) is 0 Å². The minimum Gasteiger partial charge on any atom is -0.473 e. The van der Waals surface area contributed by atoms with Crippen LogP contribution in [-0.2, 0) is 17.9 Å². The highest BCUT2D eigenvalue weighted by atomic mass is 16.5. The van der Waals surface area contributed by atoms with Crippen molar-refractivity contribution in [1.29, 1.82) is 0 Å². The van der Waals surface area contributed by atoms with Crippen LogP contribution in [0.2, 0.25) is 0 Å². The highest BCUT2D eigenvalue weighted by molar-refractivity contribution is 5.85. The molecule has 1 aliphatic carbocycles. The third-order valence-corrected chi connectivity index (χ3v) is 7.60. The number of ether oxygens (including phenoxy) is 1. The highest BCUT2D eigenvalue weighted by Gasteiger charge is 2.31. The molecule has 36 heavy (non-hydrogen) atoms. The SMILES string of the molecule is C[C@@H](Oc1nc(-c2ccc(N3CCn4cnnc4C3)cc2)cc2ncn(C3CC3)c12)[C@H]1CNC(=O)C1. The number of amides is 1. The molecule has 1 N–H and O–H groups in total. The van der Waals surface area contributed by atoms with Gasteiger partial charge in [0, 0.05) is 49.3 Å². The van der Waals surface area contributed by atoms with Crippen LogP contribution in [0, 0.1) is 5.92 Å². The molecule has 5 heterocycles. The Morgan fingerprint density at radius 3 is 2.78 bits per heavy atom. The molecule has 1 aromatic carbocycles. The van der Waals surface area contributed by atoms with E-state index >= 15 is 0 Å². The maximum atomic E-state index is 11.8. The predicted octanol–water partition coefficient (Wildman–Crippen LogP) is 2.95. The molecule has 2 aliphatic heterocycles. The summed E-state index contributed by atoms with van der Waals surface area (Å²) in [5.41, 5.74) is 4.82. The number of rotatable bonds is 6. The van der Waals surface area contributed by atoms with Gasteiger partial charge in [-0.15, -0.1) is 10.2 Å². The summed E-state index contributed by atoms with van der Waals surface area (Å²) >= 11 is 0. The van der Waals surface area contributed by atoms with E-state index in [0.29, 0.717) is 24.9 Å². The standard InChI is InChI=1S/C26H28N8O2/c1-16(18-10-24(35)27-12-18)36-26-25-22(28-14-34(25)20-6-7-20)11-21(30-26)17-2-4-19(5-3-17)32-8-9-33-15-29-31-23(33)13-32/h2-5,11,14-16,18,20H,6-10,12-13H2,1H3,(H,27,35)/t16-,18-/m1/s1. The number of hydrogen-bond donors (Lipinski definition) is 1. The fourth-order valence-corrected chi connectivity index (χ4v) is 5.25. The summed E-state index contributed by atoms with van der Waals surface area (Å²) in [5, 5.41) is 11.2. The highest BCUT2D eigenvalue weighted by Crippen LogP contribution is 2.40. The molecule has 1 saturated heterocycles. The van der Waals surface area contributed by atoms with E-state index in [-0.39, 0.29) is 17.9 Å². The topological polar surface area (TPSA) is 103 Å². The molecule has 0 bridgehead atoms. The predicted molar refractivity (Wildman–Crippen MR) is 134 cm³/mol. The van der Waals surface area contributed by atoms with Crippen molar-refractivity contribution < 1.29 is 9.53 Å². The number of hydrogen-bond acceptors (Lipinski definition) is 7. The number of benzene rings is 1. The van der Waals surface area contributed by atoms with Crippen LogP contribution < -0.4 is 15.0 Å². The zero-order valence-electron chi connectivity index (χ0n) is 20.2. The molecule has 0 radical (unpaired) electrons. The van der Waals surface area contributed by atoms with Crippen LogP contribution in [0.3, 0.4) is 0 Å². The lowest BCUT2D eigenvalue weighted by Crippen LogP contribution is -2.33.